The topological polar surface area (TPSA) is 84.9 Å². The third kappa shape index (κ3) is 4.60. The van der Waals surface area contributed by atoms with Crippen molar-refractivity contribution in [2.24, 2.45) is 5.92 Å². The van der Waals surface area contributed by atoms with E-state index in [1.807, 2.05) is 0 Å². The summed E-state index contributed by atoms with van der Waals surface area (Å²) in [6.07, 6.45) is 1.69. The first-order chi connectivity index (χ1) is 14.3. The van der Waals surface area contributed by atoms with E-state index in [9.17, 15) is 13.2 Å². The van der Waals surface area contributed by atoms with Crippen LogP contribution in [-0.4, -0.2) is 45.9 Å². The summed E-state index contributed by atoms with van der Waals surface area (Å²) < 4.78 is 38.1. The van der Waals surface area contributed by atoms with Crippen molar-refractivity contribution < 1.29 is 22.7 Å². The second-order valence-electron chi connectivity index (χ2n) is 7.59. The van der Waals surface area contributed by atoms with E-state index in [1.54, 1.807) is 37.3 Å². The lowest BCUT2D eigenvalue weighted by molar-refractivity contribution is 0.102. The molecule has 7 nitrogen and oxygen atoms in total. The Labute approximate surface area is 178 Å². The van der Waals surface area contributed by atoms with Crippen molar-refractivity contribution in [3.63, 3.8) is 0 Å². The molecule has 1 heterocycles. The van der Waals surface area contributed by atoms with Crippen LogP contribution in [0.1, 0.15) is 35.7 Å². The van der Waals surface area contributed by atoms with Crippen molar-refractivity contribution in [3.8, 4) is 11.5 Å². The molecule has 1 saturated heterocycles. The van der Waals surface area contributed by atoms with Gasteiger partial charge in [-0.15, -0.1) is 0 Å². The molecule has 0 bridgehead atoms. The number of sulfonamides is 1. The Hall–Kier alpha value is -2.58. The summed E-state index contributed by atoms with van der Waals surface area (Å²) in [5.41, 5.74) is 1.53. The van der Waals surface area contributed by atoms with Gasteiger partial charge in [0, 0.05) is 30.4 Å². The van der Waals surface area contributed by atoms with Gasteiger partial charge in [-0.1, -0.05) is 13.0 Å². The Morgan fingerprint density at radius 3 is 2.33 bits per heavy atom. The van der Waals surface area contributed by atoms with E-state index in [1.165, 1.54) is 24.6 Å². The van der Waals surface area contributed by atoms with Crippen molar-refractivity contribution >= 4 is 21.6 Å². The zero-order chi connectivity index (χ0) is 21.9. The molecule has 30 heavy (non-hydrogen) atoms. The van der Waals surface area contributed by atoms with Crippen LogP contribution in [0.25, 0.3) is 0 Å². The molecule has 162 valence electrons. The standard InChI is InChI=1S/C22H28N2O5S/c1-15-9-11-24(12-10-15)30(26,27)18-7-5-16(2)19(14-18)22(25)23-17-6-8-20(28-3)21(13-17)29-4/h5-8,13-15H,9-12H2,1-4H3,(H,23,25). The molecule has 2 aromatic carbocycles. The van der Waals surface area contributed by atoms with Crippen LogP contribution in [-0.2, 0) is 10.0 Å². The molecule has 0 saturated carbocycles. The second-order valence-corrected chi connectivity index (χ2v) is 9.53. The van der Waals surface area contributed by atoms with Gasteiger partial charge in [0.25, 0.3) is 5.91 Å². The molecular weight excluding hydrogens is 404 g/mol. The predicted octanol–water partition coefficient (Wildman–Crippen LogP) is 3.69. The minimum absolute atomic E-state index is 0.139. The highest BCUT2D eigenvalue weighted by molar-refractivity contribution is 7.89. The Morgan fingerprint density at radius 2 is 1.70 bits per heavy atom. The van der Waals surface area contributed by atoms with Gasteiger partial charge in [0.1, 0.15) is 0 Å². The van der Waals surface area contributed by atoms with Crippen LogP contribution >= 0.6 is 0 Å². The lowest BCUT2D eigenvalue weighted by Crippen LogP contribution is -2.38. The van der Waals surface area contributed by atoms with Crippen molar-refractivity contribution in [3.05, 3.63) is 47.5 Å². The highest BCUT2D eigenvalue weighted by Crippen LogP contribution is 2.30. The van der Waals surface area contributed by atoms with Gasteiger partial charge < -0.3 is 14.8 Å². The maximum absolute atomic E-state index is 13.1. The van der Waals surface area contributed by atoms with Gasteiger partial charge >= 0.3 is 0 Å². The van der Waals surface area contributed by atoms with Crippen molar-refractivity contribution in [1.82, 2.24) is 4.31 Å². The zero-order valence-corrected chi connectivity index (χ0v) is 18.6. The van der Waals surface area contributed by atoms with E-state index in [2.05, 4.69) is 12.2 Å². The minimum Gasteiger partial charge on any atom is -0.493 e. The van der Waals surface area contributed by atoms with Crippen LogP contribution in [0.2, 0.25) is 0 Å². The van der Waals surface area contributed by atoms with Crippen molar-refractivity contribution in [1.29, 1.82) is 0 Å². The molecule has 0 aromatic heterocycles. The number of carbonyl (C=O) groups is 1. The van der Waals surface area contributed by atoms with Gasteiger partial charge in [-0.2, -0.15) is 4.31 Å². The lowest BCUT2D eigenvalue weighted by atomic mass is 10.0. The second kappa shape index (κ2) is 9.06. The van der Waals surface area contributed by atoms with Crippen LogP contribution in [0, 0.1) is 12.8 Å². The molecule has 0 radical (unpaired) electrons. The zero-order valence-electron chi connectivity index (χ0n) is 17.8. The number of benzene rings is 2. The fourth-order valence-corrected chi connectivity index (χ4v) is 4.99. The number of methoxy groups -OCH3 is 2. The summed E-state index contributed by atoms with van der Waals surface area (Å²) in [6, 6.07) is 9.74. The van der Waals surface area contributed by atoms with Crippen molar-refractivity contribution in [2.45, 2.75) is 31.6 Å². The van der Waals surface area contributed by atoms with Gasteiger partial charge in [-0.05, 0) is 55.5 Å². The molecule has 1 aliphatic heterocycles. The fraction of sp³-hybridized carbons (Fsp3) is 0.409. The number of aryl methyl sites for hydroxylation is 1. The van der Waals surface area contributed by atoms with E-state index < -0.39 is 10.0 Å². The van der Waals surface area contributed by atoms with Crippen LogP contribution in [0.4, 0.5) is 5.69 Å². The summed E-state index contributed by atoms with van der Waals surface area (Å²) in [6.45, 7) is 4.92. The lowest BCUT2D eigenvalue weighted by Gasteiger charge is -2.29. The first-order valence-electron chi connectivity index (χ1n) is 9.90. The molecule has 0 spiro atoms. The number of nitrogens with one attached hydrogen (secondary N) is 1. The highest BCUT2D eigenvalue weighted by atomic mass is 32.2. The van der Waals surface area contributed by atoms with Crippen molar-refractivity contribution in [2.75, 3.05) is 32.6 Å². The number of ether oxygens (including phenoxy) is 2. The van der Waals surface area contributed by atoms with Crippen LogP contribution in [0.5, 0.6) is 11.5 Å². The van der Waals surface area contributed by atoms with Gasteiger partial charge in [0.05, 0.1) is 19.1 Å². The molecule has 1 fully saturated rings. The number of rotatable bonds is 6. The Balaban J connectivity index is 1.85. The monoisotopic (exact) mass is 432 g/mol. The molecule has 0 unspecified atom stereocenters. The largest absolute Gasteiger partial charge is 0.493 e. The quantitative estimate of drug-likeness (QED) is 0.753. The smallest absolute Gasteiger partial charge is 0.255 e. The number of piperidine rings is 1. The van der Waals surface area contributed by atoms with Crippen LogP contribution in [0.3, 0.4) is 0 Å². The number of anilines is 1. The van der Waals surface area contributed by atoms with Gasteiger partial charge in [0.2, 0.25) is 10.0 Å². The van der Waals surface area contributed by atoms with Crippen LogP contribution in [0.15, 0.2) is 41.3 Å². The van der Waals surface area contributed by atoms with Gasteiger partial charge in [0.15, 0.2) is 11.5 Å². The molecule has 1 N–H and O–H groups in total. The Bertz CT molecular complexity index is 1030. The van der Waals surface area contributed by atoms with E-state index >= 15 is 0 Å². The summed E-state index contributed by atoms with van der Waals surface area (Å²) in [5, 5.41) is 2.81. The molecule has 1 amide bonds. The molecule has 8 heteroatoms. The molecular formula is C22H28N2O5S. The summed E-state index contributed by atoms with van der Waals surface area (Å²) in [5.74, 6) is 1.18. The molecule has 2 aromatic rings. The third-order valence-corrected chi connectivity index (χ3v) is 7.37. The van der Waals surface area contributed by atoms with Gasteiger partial charge in [-0.25, -0.2) is 8.42 Å². The number of nitrogens with zero attached hydrogens (tertiary/aromatic N) is 1. The fourth-order valence-electron chi connectivity index (χ4n) is 3.49. The first-order valence-corrected chi connectivity index (χ1v) is 11.3. The summed E-state index contributed by atoms with van der Waals surface area (Å²) in [7, 11) is -0.581. The summed E-state index contributed by atoms with van der Waals surface area (Å²) in [4.78, 5) is 13.0. The predicted molar refractivity (Wildman–Crippen MR) is 116 cm³/mol. The van der Waals surface area contributed by atoms with E-state index in [0.29, 0.717) is 47.3 Å². The first kappa shape index (κ1) is 22.1. The number of carbonyl (C=O) groups excluding carboxylic acids is 1. The molecule has 0 atom stereocenters. The van der Waals surface area contributed by atoms with E-state index in [0.717, 1.165) is 12.8 Å². The average Bonchev–Trinajstić information content (AvgIpc) is 2.74. The van der Waals surface area contributed by atoms with E-state index in [4.69, 9.17) is 9.47 Å². The highest BCUT2D eigenvalue weighted by Gasteiger charge is 2.29. The average molecular weight is 433 g/mol. The number of hydrogen-bond acceptors (Lipinski definition) is 5. The third-order valence-electron chi connectivity index (χ3n) is 5.48. The number of hydrogen-bond donors (Lipinski definition) is 1. The normalized spacial score (nSPS) is 15.6. The summed E-state index contributed by atoms with van der Waals surface area (Å²) >= 11 is 0. The molecule has 3 rings (SSSR count). The maximum Gasteiger partial charge on any atom is 0.255 e. The molecule has 0 aliphatic carbocycles. The molecule has 1 aliphatic rings. The Kier molecular flexibility index (Phi) is 6.67. The minimum atomic E-state index is -3.63. The van der Waals surface area contributed by atoms with E-state index in [-0.39, 0.29) is 10.8 Å². The van der Waals surface area contributed by atoms with Crippen LogP contribution < -0.4 is 14.8 Å². The number of amides is 1. The maximum atomic E-state index is 13.1. The van der Waals surface area contributed by atoms with Gasteiger partial charge in [-0.3, -0.25) is 4.79 Å². The Morgan fingerprint density at radius 1 is 1.03 bits per heavy atom. The SMILES string of the molecule is COc1ccc(NC(=O)c2cc(S(=O)(=O)N3CCC(C)CC3)ccc2C)cc1OC.